The number of amides is 1. The number of carbonyl (C=O) groups is 1. The predicted octanol–water partition coefficient (Wildman–Crippen LogP) is 3.54. The van der Waals surface area contributed by atoms with Crippen LogP contribution in [0.1, 0.15) is 5.56 Å². The number of aryl methyl sites for hydroxylation is 1. The van der Waals surface area contributed by atoms with Crippen LogP contribution in [0.5, 0.6) is 0 Å². The Morgan fingerprint density at radius 1 is 1.03 bits per heavy atom. The van der Waals surface area contributed by atoms with Crippen molar-refractivity contribution < 1.29 is 4.79 Å². The number of benzene rings is 2. The first-order valence-corrected chi connectivity index (χ1v) is 11.1. The lowest BCUT2D eigenvalue weighted by Gasteiger charge is -2.13. The lowest BCUT2D eigenvalue weighted by Crippen LogP contribution is -2.14. The molecule has 0 aliphatic carbocycles. The molecule has 0 aliphatic rings. The predicted molar refractivity (Wildman–Crippen MR) is 128 cm³/mol. The van der Waals surface area contributed by atoms with Gasteiger partial charge in [-0.3, -0.25) is 14.3 Å². The van der Waals surface area contributed by atoms with Crippen LogP contribution in [0.25, 0.3) is 28.1 Å². The second-order valence-corrected chi connectivity index (χ2v) is 8.28. The van der Waals surface area contributed by atoms with Gasteiger partial charge in [0.15, 0.2) is 11.0 Å². The number of hydrogen-bond acceptors (Lipinski definition) is 6. The number of pyridine rings is 1. The van der Waals surface area contributed by atoms with E-state index in [1.165, 1.54) is 11.8 Å². The van der Waals surface area contributed by atoms with Gasteiger partial charge in [-0.05, 0) is 48.9 Å². The topological polar surface area (TPSA) is 121 Å². The molecule has 3 N–H and O–H groups in total. The number of para-hydroxylation sites is 1. The molecule has 9 nitrogen and oxygen atoms in total. The Morgan fingerprint density at radius 2 is 1.82 bits per heavy atom. The minimum Gasteiger partial charge on any atom is -0.325 e. The van der Waals surface area contributed by atoms with Crippen LogP contribution in [0.2, 0.25) is 0 Å². The SMILES string of the molecule is Cc1ccccc1-n1c(SCC(=O)Nc2ccc3[nH]c(=O)[nH]c3c2)nnc1-c1ccncc1. The molecule has 5 aromatic rings. The summed E-state index contributed by atoms with van der Waals surface area (Å²) < 4.78 is 1.96. The molecule has 5 rings (SSSR count). The van der Waals surface area contributed by atoms with Crippen molar-refractivity contribution in [2.45, 2.75) is 12.1 Å². The summed E-state index contributed by atoms with van der Waals surface area (Å²) in [5, 5.41) is 12.2. The van der Waals surface area contributed by atoms with E-state index in [9.17, 15) is 9.59 Å². The maximum atomic E-state index is 12.6. The molecule has 164 valence electrons. The lowest BCUT2D eigenvalue weighted by molar-refractivity contribution is -0.113. The fraction of sp³-hybridized carbons (Fsp3) is 0.0870. The Hall–Kier alpha value is -4.18. The number of fused-ring (bicyclic) bond motifs is 1. The zero-order chi connectivity index (χ0) is 22.8. The third-order valence-corrected chi connectivity index (χ3v) is 5.99. The van der Waals surface area contributed by atoms with Crippen molar-refractivity contribution in [2.24, 2.45) is 0 Å². The van der Waals surface area contributed by atoms with Crippen LogP contribution in [-0.4, -0.2) is 41.4 Å². The zero-order valence-electron chi connectivity index (χ0n) is 17.6. The summed E-state index contributed by atoms with van der Waals surface area (Å²) in [4.78, 5) is 33.5. The Balaban J connectivity index is 1.39. The third-order valence-electron chi connectivity index (χ3n) is 5.06. The highest BCUT2D eigenvalue weighted by Gasteiger charge is 2.18. The smallest absolute Gasteiger partial charge is 0.323 e. The number of imidazole rings is 1. The van der Waals surface area contributed by atoms with E-state index >= 15 is 0 Å². The number of nitrogens with one attached hydrogen (secondary N) is 3. The van der Waals surface area contributed by atoms with Crippen molar-refractivity contribution in [3.8, 4) is 17.1 Å². The summed E-state index contributed by atoms with van der Waals surface area (Å²) in [6.07, 6.45) is 3.42. The van der Waals surface area contributed by atoms with Crippen LogP contribution in [0, 0.1) is 6.92 Å². The van der Waals surface area contributed by atoms with Gasteiger partial charge in [0, 0.05) is 23.6 Å². The Bertz CT molecular complexity index is 1500. The molecule has 0 fully saturated rings. The molecule has 33 heavy (non-hydrogen) atoms. The number of thioether (sulfide) groups is 1. The molecular weight excluding hydrogens is 438 g/mol. The second kappa shape index (κ2) is 8.75. The quantitative estimate of drug-likeness (QED) is 0.335. The summed E-state index contributed by atoms with van der Waals surface area (Å²) in [7, 11) is 0. The van der Waals surface area contributed by atoms with E-state index in [1.54, 1.807) is 30.6 Å². The molecule has 3 aromatic heterocycles. The molecule has 0 atom stereocenters. The van der Waals surface area contributed by atoms with E-state index < -0.39 is 0 Å². The van der Waals surface area contributed by atoms with Gasteiger partial charge in [-0.2, -0.15) is 0 Å². The van der Waals surface area contributed by atoms with Crippen LogP contribution in [0.3, 0.4) is 0 Å². The number of aromatic amines is 2. The monoisotopic (exact) mass is 457 g/mol. The number of hydrogen-bond donors (Lipinski definition) is 3. The Morgan fingerprint density at radius 3 is 2.64 bits per heavy atom. The highest BCUT2D eigenvalue weighted by Crippen LogP contribution is 2.29. The molecule has 1 amide bonds. The fourth-order valence-electron chi connectivity index (χ4n) is 3.52. The van der Waals surface area contributed by atoms with Crippen LogP contribution >= 0.6 is 11.8 Å². The third kappa shape index (κ3) is 4.28. The molecule has 0 bridgehead atoms. The number of rotatable bonds is 6. The molecule has 10 heteroatoms. The van der Waals surface area contributed by atoms with Crippen LogP contribution in [-0.2, 0) is 4.79 Å². The van der Waals surface area contributed by atoms with Gasteiger partial charge < -0.3 is 15.3 Å². The average molecular weight is 458 g/mol. The molecule has 0 saturated carbocycles. The average Bonchev–Trinajstić information content (AvgIpc) is 3.41. The standard InChI is InChI=1S/C23H19N7O2S/c1-14-4-2-3-5-19(14)30-21(15-8-10-24-11-9-15)28-29-23(30)33-13-20(31)25-16-6-7-17-18(12-16)27-22(32)26-17/h2-12H,13H2,1H3,(H,25,31)(H2,26,27,32). The number of aromatic nitrogens is 6. The highest BCUT2D eigenvalue weighted by atomic mass is 32.2. The van der Waals surface area contributed by atoms with E-state index in [0.717, 1.165) is 16.8 Å². The van der Waals surface area contributed by atoms with Crippen LogP contribution in [0.15, 0.2) is 76.9 Å². The van der Waals surface area contributed by atoms with Gasteiger partial charge in [-0.15, -0.1) is 10.2 Å². The van der Waals surface area contributed by atoms with E-state index in [4.69, 9.17) is 0 Å². The van der Waals surface area contributed by atoms with Crippen molar-refractivity contribution in [3.63, 3.8) is 0 Å². The Labute approximate surface area is 192 Å². The van der Waals surface area contributed by atoms with Crippen molar-refractivity contribution >= 4 is 34.4 Å². The first-order valence-electron chi connectivity index (χ1n) is 10.1. The van der Waals surface area contributed by atoms with E-state index in [2.05, 4.69) is 30.5 Å². The van der Waals surface area contributed by atoms with Gasteiger partial charge in [0.25, 0.3) is 0 Å². The van der Waals surface area contributed by atoms with Gasteiger partial charge >= 0.3 is 5.69 Å². The second-order valence-electron chi connectivity index (χ2n) is 7.34. The minimum absolute atomic E-state index is 0.141. The first-order chi connectivity index (χ1) is 16.1. The minimum atomic E-state index is -0.287. The zero-order valence-corrected chi connectivity index (χ0v) is 18.4. The normalized spacial score (nSPS) is 11.1. The molecule has 2 aromatic carbocycles. The summed E-state index contributed by atoms with van der Waals surface area (Å²) in [5.74, 6) is 0.626. The molecular formula is C23H19N7O2S. The summed E-state index contributed by atoms with van der Waals surface area (Å²) in [5.41, 5.74) is 4.51. The number of anilines is 1. The summed E-state index contributed by atoms with van der Waals surface area (Å²) >= 11 is 1.30. The molecule has 0 saturated heterocycles. The van der Waals surface area contributed by atoms with Gasteiger partial charge in [0.1, 0.15) is 0 Å². The van der Waals surface area contributed by atoms with Crippen LogP contribution in [0.4, 0.5) is 5.69 Å². The van der Waals surface area contributed by atoms with Crippen molar-refractivity contribution in [1.29, 1.82) is 0 Å². The largest absolute Gasteiger partial charge is 0.325 e. The number of carbonyl (C=O) groups excluding carboxylic acids is 1. The van der Waals surface area contributed by atoms with Crippen LogP contribution < -0.4 is 11.0 Å². The van der Waals surface area contributed by atoms with Crippen molar-refractivity contribution in [1.82, 2.24) is 29.7 Å². The van der Waals surface area contributed by atoms with E-state index in [1.807, 2.05) is 47.9 Å². The van der Waals surface area contributed by atoms with Crippen molar-refractivity contribution in [2.75, 3.05) is 11.1 Å². The maximum Gasteiger partial charge on any atom is 0.323 e. The summed E-state index contributed by atoms with van der Waals surface area (Å²) in [6.45, 7) is 2.02. The fourth-order valence-corrected chi connectivity index (χ4v) is 4.27. The molecule has 0 unspecified atom stereocenters. The van der Waals surface area contributed by atoms with Gasteiger partial charge in [0.05, 0.1) is 22.5 Å². The van der Waals surface area contributed by atoms with E-state index in [-0.39, 0.29) is 17.3 Å². The molecule has 0 spiro atoms. The number of H-pyrrole nitrogens is 2. The molecule has 0 aliphatic heterocycles. The Kier molecular flexibility index (Phi) is 5.49. The highest BCUT2D eigenvalue weighted by molar-refractivity contribution is 7.99. The first kappa shape index (κ1) is 20.7. The van der Waals surface area contributed by atoms with E-state index in [0.29, 0.717) is 27.7 Å². The molecule has 0 radical (unpaired) electrons. The molecule has 3 heterocycles. The summed E-state index contributed by atoms with van der Waals surface area (Å²) in [6, 6.07) is 16.9. The lowest BCUT2D eigenvalue weighted by atomic mass is 10.2. The maximum absolute atomic E-state index is 12.6. The van der Waals surface area contributed by atoms with Gasteiger partial charge in [-0.1, -0.05) is 30.0 Å². The van der Waals surface area contributed by atoms with Gasteiger partial charge in [0.2, 0.25) is 5.91 Å². The number of nitrogens with zero attached hydrogens (tertiary/aromatic N) is 4. The van der Waals surface area contributed by atoms with Crippen molar-refractivity contribution in [3.05, 3.63) is 83.0 Å². The van der Waals surface area contributed by atoms with Gasteiger partial charge in [-0.25, -0.2) is 4.79 Å².